The van der Waals surface area contributed by atoms with Gasteiger partial charge in [-0.25, -0.2) is 4.79 Å². The lowest BCUT2D eigenvalue weighted by Gasteiger charge is -2.22. The van der Waals surface area contributed by atoms with E-state index in [9.17, 15) is 4.79 Å². The molecule has 0 spiro atoms. The number of carbonyl (C=O) groups excluding carboxylic acids is 1. The highest BCUT2D eigenvalue weighted by molar-refractivity contribution is 5.74. The second-order valence-corrected chi connectivity index (χ2v) is 2.89. The van der Waals surface area contributed by atoms with Crippen LogP contribution in [0.3, 0.4) is 0 Å². The maximum Gasteiger partial charge on any atom is 0.314 e. The molecule has 1 rings (SSSR count). The van der Waals surface area contributed by atoms with Crippen LogP contribution in [-0.2, 0) is 4.74 Å². The van der Waals surface area contributed by atoms with Crippen LogP contribution < -0.4 is 10.6 Å². The van der Waals surface area contributed by atoms with E-state index < -0.39 is 0 Å². The molecule has 0 unspecified atom stereocenters. The van der Waals surface area contributed by atoms with Crippen LogP contribution >= 0.6 is 0 Å². The molecule has 0 saturated carbocycles. The van der Waals surface area contributed by atoms with Crippen LogP contribution in [0.25, 0.3) is 0 Å². The third kappa shape index (κ3) is 9.77. The minimum atomic E-state index is -0.0654. The summed E-state index contributed by atoms with van der Waals surface area (Å²) >= 11 is 0. The Bertz CT molecular complexity index is 146. The normalized spacial score (nSPS) is 14.8. The molecule has 1 saturated heterocycles. The number of rotatable bonds is 2. The first-order valence-corrected chi connectivity index (χ1v) is 6.45. The summed E-state index contributed by atoms with van der Waals surface area (Å²) in [4.78, 5) is 11.0. The number of amides is 2. The average molecular weight is 232 g/mol. The van der Waals surface area contributed by atoms with Crippen LogP contribution in [0.1, 0.15) is 47.5 Å². The molecule has 0 aromatic carbocycles. The highest BCUT2D eigenvalue weighted by Gasteiger charge is 2.14. The van der Waals surface area contributed by atoms with Gasteiger partial charge in [0.2, 0.25) is 0 Å². The molecular weight excluding hydrogens is 204 g/mol. The summed E-state index contributed by atoms with van der Waals surface area (Å²) in [6.07, 6.45) is 1.86. The Hall–Kier alpha value is -0.770. The van der Waals surface area contributed by atoms with Crippen LogP contribution in [0.15, 0.2) is 0 Å². The van der Waals surface area contributed by atoms with Crippen molar-refractivity contribution in [3.63, 3.8) is 0 Å². The van der Waals surface area contributed by atoms with Gasteiger partial charge in [-0.2, -0.15) is 0 Å². The van der Waals surface area contributed by atoms with E-state index in [2.05, 4.69) is 10.6 Å². The first kappa shape index (κ1) is 17.6. The Labute approximate surface area is 100 Å². The van der Waals surface area contributed by atoms with E-state index in [0.717, 1.165) is 26.1 Å². The van der Waals surface area contributed by atoms with Gasteiger partial charge in [0.15, 0.2) is 0 Å². The molecule has 98 valence electrons. The van der Waals surface area contributed by atoms with E-state index in [0.29, 0.717) is 12.6 Å². The molecule has 0 atom stereocenters. The van der Waals surface area contributed by atoms with Gasteiger partial charge in [-0.15, -0.1) is 0 Å². The van der Waals surface area contributed by atoms with E-state index in [1.54, 1.807) is 0 Å². The predicted molar refractivity (Wildman–Crippen MR) is 68.7 cm³/mol. The fourth-order valence-electron chi connectivity index (χ4n) is 1.24. The third-order valence-electron chi connectivity index (χ3n) is 1.89. The quantitative estimate of drug-likeness (QED) is 0.768. The van der Waals surface area contributed by atoms with E-state index in [4.69, 9.17) is 4.74 Å². The number of hydrogen-bond acceptors (Lipinski definition) is 2. The molecule has 0 aliphatic carbocycles. The standard InChI is InChI=1S/C8H16N2O2.2C2H6/c1-2-9-8(11)10-7-3-5-12-6-4-7;2*1-2/h7H,2-6H2,1H3,(H2,9,10,11);2*1-2H3. The van der Waals surface area contributed by atoms with Crippen molar-refractivity contribution in [1.29, 1.82) is 0 Å². The molecule has 0 aromatic rings. The topological polar surface area (TPSA) is 50.4 Å². The first-order valence-electron chi connectivity index (χ1n) is 6.45. The molecule has 16 heavy (non-hydrogen) atoms. The van der Waals surface area contributed by atoms with Crippen molar-refractivity contribution >= 4 is 6.03 Å². The molecule has 1 aliphatic rings. The number of urea groups is 1. The second-order valence-electron chi connectivity index (χ2n) is 2.89. The van der Waals surface area contributed by atoms with Gasteiger partial charge in [-0.3, -0.25) is 0 Å². The average Bonchev–Trinajstić information content (AvgIpc) is 2.36. The second kappa shape index (κ2) is 14.2. The van der Waals surface area contributed by atoms with Crippen LogP contribution in [0.5, 0.6) is 0 Å². The molecule has 1 aliphatic heterocycles. The van der Waals surface area contributed by atoms with Crippen molar-refractivity contribution in [2.24, 2.45) is 0 Å². The van der Waals surface area contributed by atoms with E-state index in [1.807, 2.05) is 34.6 Å². The summed E-state index contributed by atoms with van der Waals surface area (Å²) in [5.74, 6) is 0. The molecule has 0 bridgehead atoms. The SMILES string of the molecule is CC.CC.CCNC(=O)NC1CCOCC1. The lowest BCUT2D eigenvalue weighted by Crippen LogP contribution is -2.44. The summed E-state index contributed by atoms with van der Waals surface area (Å²) in [5, 5.41) is 5.59. The summed E-state index contributed by atoms with van der Waals surface area (Å²) < 4.78 is 5.17. The zero-order valence-corrected chi connectivity index (χ0v) is 11.4. The number of nitrogens with one attached hydrogen (secondary N) is 2. The van der Waals surface area contributed by atoms with E-state index in [1.165, 1.54) is 0 Å². The van der Waals surface area contributed by atoms with E-state index >= 15 is 0 Å². The van der Waals surface area contributed by atoms with Crippen LogP contribution in [0, 0.1) is 0 Å². The molecule has 1 fully saturated rings. The number of carbonyl (C=O) groups is 1. The molecule has 0 aromatic heterocycles. The maximum atomic E-state index is 11.0. The van der Waals surface area contributed by atoms with Crippen molar-refractivity contribution in [3.05, 3.63) is 0 Å². The Morgan fingerprint density at radius 2 is 1.69 bits per heavy atom. The van der Waals surface area contributed by atoms with Crippen molar-refractivity contribution in [3.8, 4) is 0 Å². The van der Waals surface area contributed by atoms with Gasteiger partial charge in [0, 0.05) is 25.8 Å². The van der Waals surface area contributed by atoms with Gasteiger partial charge < -0.3 is 15.4 Å². The van der Waals surface area contributed by atoms with Crippen molar-refractivity contribution in [1.82, 2.24) is 10.6 Å². The molecular formula is C12H28N2O2. The van der Waals surface area contributed by atoms with Gasteiger partial charge in [-0.05, 0) is 19.8 Å². The van der Waals surface area contributed by atoms with Gasteiger partial charge in [-0.1, -0.05) is 27.7 Å². The predicted octanol–water partition coefficient (Wildman–Crippen LogP) is 2.54. The zero-order chi connectivity index (χ0) is 12.8. The smallest absolute Gasteiger partial charge is 0.314 e. The molecule has 0 radical (unpaired) electrons. The number of ether oxygens (including phenoxy) is 1. The Morgan fingerprint density at radius 1 is 1.19 bits per heavy atom. The van der Waals surface area contributed by atoms with Crippen LogP contribution in [0.4, 0.5) is 4.79 Å². The minimum Gasteiger partial charge on any atom is -0.381 e. The lowest BCUT2D eigenvalue weighted by molar-refractivity contribution is 0.0801. The summed E-state index contributed by atoms with van der Waals surface area (Å²) in [6.45, 7) is 12.1. The fraction of sp³-hybridized carbons (Fsp3) is 0.917. The highest BCUT2D eigenvalue weighted by atomic mass is 16.5. The summed E-state index contributed by atoms with van der Waals surface area (Å²) in [6, 6.07) is 0.231. The summed E-state index contributed by atoms with van der Waals surface area (Å²) in [5.41, 5.74) is 0. The minimum absolute atomic E-state index is 0.0654. The van der Waals surface area contributed by atoms with Crippen LogP contribution in [-0.4, -0.2) is 31.8 Å². The largest absolute Gasteiger partial charge is 0.381 e. The van der Waals surface area contributed by atoms with Crippen LogP contribution in [0.2, 0.25) is 0 Å². The van der Waals surface area contributed by atoms with Gasteiger partial charge in [0.25, 0.3) is 0 Å². The fourth-order valence-corrected chi connectivity index (χ4v) is 1.24. The van der Waals surface area contributed by atoms with E-state index in [-0.39, 0.29) is 6.03 Å². The number of hydrogen-bond donors (Lipinski definition) is 2. The molecule has 1 heterocycles. The molecule has 2 N–H and O–H groups in total. The Morgan fingerprint density at radius 3 is 2.12 bits per heavy atom. The van der Waals surface area contributed by atoms with Crippen molar-refractivity contribution in [2.45, 2.75) is 53.5 Å². The third-order valence-corrected chi connectivity index (χ3v) is 1.89. The molecule has 4 nitrogen and oxygen atoms in total. The zero-order valence-electron chi connectivity index (χ0n) is 11.4. The van der Waals surface area contributed by atoms with Crippen molar-refractivity contribution < 1.29 is 9.53 Å². The monoisotopic (exact) mass is 232 g/mol. The first-order chi connectivity index (χ1) is 7.83. The molecule has 4 heteroatoms. The Kier molecular flexibility index (Phi) is 15.7. The van der Waals surface area contributed by atoms with Crippen molar-refractivity contribution in [2.75, 3.05) is 19.8 Å². The molecule has 2 amide bonds. The highest BCUT2D eigenvalue weighted by Crippen LogP contribution is 2.05. The van der Waals surface area contributed by atoms with Gasteiger partial charge in [0.05, 0.1) is 0 Å². The summed E-state index contributed by atoms with van der Waals surface area (Å²) in [7, 11) is 0. The lowest BCUT2D eigenvalue weighted by atomic mass is 10.1. The van der Waals surface area contributed by atoms with Gasteiger partial charge >= 0.3 is 6.03 Å². The maximum absolute atomic E-state index is 11.0. The Balaban J connectivity index is 0. The van der Waals surface area contributed by atoms with Gasteiger partial charge in [0.1, 0.15) is 0 Å².